The molecule has 0 bridgehead atoms. The number of carbonyl (C=O) groups excluding carboxylic acids is 2. The molecule has 7 nitrogen and oxygen atoms in total. The number of hydrogen-bond acceptors (Lipinski definition) is 4. The summed E-state index contributed by atoms with van der Waals surface area (Å²) in [6.45, 7) is 6.04. The highest BCUT2D eigenvalue weighted by atomic mass is 16.5. The molecule has 0 spiro atoms. The van der Waals surface area contributed by atoms with Crippen LogP contribution >= 0.6 is 0 Å². The van der Waals surface area contributed by atoms with Gasteiger partial charge in [-0.1, -0.05) is 0 Å². The Morgan fingerprint density at radius 3 is 2.44 bits per heavy atom. The van der Waals surface area contributed by atoms with Crippen molar-refractivity contribution in [1.29, 1.82) is 0 Å². The van der Waals surface area contributed by atoms with E-state index < -0.39 is 0 Å². The highest BCUT2D eigenvalue weighted by Crippen LogP contribution is 2.17. The molecule has 25 heavy (non-hydrogen) atoms. The van der Waals surface area contributed by atoms with E-state index in [2.05, 4.69) is 11.8 Å². The van der Waals surface area contributed by atoms with E-state index in [9.17, 15) is 14.8 Å². The molecule has 1 atom stereocenters. The number of piperazine rings is 1. The molecule has 2 fully saturated rings. The van der Waals surface area contributed by atoms with Crippen molar-refractivity contribution in [2.24, 2.45) is 0 Å². The van der Waals surface area contributed by atoms with Crippen LogP contribution in [-0.2, 0) is 4.79 Å². The van der Waals surface area contributed by atoms with E-state index in [1.165, 1.54) is 18.8 Å². The second-order valence-electron chi connectivity index (χ2n) is 6.95. The van der Waals surface area contributed by atoms with Crippen LogP contribution in [0.2, 0.25) is 0 Å². The van der Waals surface area contributed by atoms with Gasteiger partial charge in [-0.15, -0.1) is 0 Å². The lowest BCUT2D eigenvalue weighted by molar-refractivity contribution is -0.605. The largest absolute Gasteiger partial charge is 0.619 e. The van der Waals surface area contributed by atoms with Crippen LogP contribution in [0.4, 0.5) is 0 Å². The second-order valence-corrected chi connectivity index (χ2v) is 6.95. The van der Waals surface area contributed by atoms with Gasteiger partial charge in [-0.3, -0.25) is 14.5 Å². The minimum Gasteiger partial charge on any atom is -0.619 e. The normalized spacial score (nSPS) is 22.0. The van der Waals surface area contributed by atoms with Crippen molar-refractivity contribution in [1.82, 2.24) is 14.7 Å². The lowest BCUT2D eigenvalue weighted by atomic mass is 10.0. The topological polar surface area (TPSA) is 70.8 Å². The van der Waals surface area contributed by atoms with Gasteiger partial charge < -0.3 is 15.0 Å². The fraction of sp³-hybridized carbons (Fsp3) is 0.611. The summed E-state index contributed by atoms with van der Waals surface area (Å²) in [4.78, 5) is 30.9. The Labute approximate surface area is 148 Å². The zero-order valence-corrected chi connectivity index (χ0v) is 14.8. The molecule has 2 saturated heterocycles. The average Bonchev–Trinajstić information content (AvgIpc) is 2.63. The molecule has 3 heterocycles. The summed E-state index contributed by atoms with van der Waals surface area (Å²) in [6, 6.07) is 3.43. The lowest BCUT2D eigenvalue weighted by Crippen LogP contribution is -2.53. The molecular formula is C18H26N4O3. The van der Waals surface area contributed by atoms with Crippen molar-refractivity contribution in [3.8, 4) is 0 Å². The number of pyridine rings is 1. The zero-order chi connectivity index (χ0) is 17.8. The van der Waals surface area contributed by atoms with Gasteiger partial charge in [-0.25, -0.2) is 0 Å². The maximum absolute atomic E-state index is 12.5. The minimum atomic E-state index is -0.0590. The summed E-state index contributed by atoms with van der Waals surface area (Å²) in [5.74, 6) is 0.145. The molecule has 7 heteroatoms. The van der Waals surface area contributed by atoms with Gasteiger partial charge in [-0.05, 0) is 26.2 Å². The number of hydrogen-bond donors (Lipinski definition) is 0. The molecule has 3 rings (SSSR count). The molecule has 1 aromatic rings. The van der Waals surface area contributed by atoms with Gasteiger partial charge in [0.2, 0.25) is 5.91 Å². The first-order chi connectivity index (χ1) is 12.0. The Morgan fingerprint density at radius 2 is 1.80 bits per heavy atom. The minimum absolute atomic E-state index is 0.0590. The third-order valence-electron chi connectivity index (χ3n) is 5.19. The first-order valence-corrected chi connectivity index (χ1v) is 9.04. The van der Waals surface area contributed by atoms with Crippen molar-refractivity contribution in [2.45, 2.75) is 32.2 Å². The molecule has 2 amide bonds. The summed E-state index contributed by atoms with van der Waals surface area (Å²) in [6.07, 6.45) is 6.06. The van der Waals surface area contributed by atoms with Crippen molar-refractivity contribution < 1.29 is 14.3 Å². The van der Waals surface area contributed by atoms with Gasteiger partial charge >= 0.3 is 0 Å². The molecule has 136 valence electrons. The van der Waals surface area contributed by atoms with Gasteiger partial charge in [0.05, 0.1) is 12.1 Å². The van der Waals surface area contributed by atoms with Crippen molar-refractivity contribution in [3.63, 3.8) is 0 Å². The lowest BCUT2D eigenvalue weighted by Gasteiger charge is -2.38. The highest BCUT2D eigenvalue weighted by Gasteiger charge is 2.27. The van der Waals surface area contributed by atoms with Crippen LogP contribution in [0.15, 0.2) is 24.5 Å². The SMILES string of the molecule is CC1CCCCN1C(=O)CN1CCN(C(=O)c2cc[n+]([O-])cc2)CC1. The fourth-order valence-electron chi connectivity index (χ4n) is 3.60. The molecule has 2 aliphatic rings. The van der Waals surface area contributed by atoms with E-state index in [4.69, 9.17) is 0 Å². The molecule has 1 unspecified atom stereocenters. The van der Waals surface area contributed by atoms with Crippen LogP contribution in [0.1, 0.15) is 36.5 Å². The van der Waals surface area contributed by atoms with E-state index in [1.807, 2.05) is 4.90 Å². The van der Waals surface area contributed by atoms with Crippen molar-refractivity contribution >= 4 is 11.8 Å². The number of amides is 2. The molecule has 0 N–H and O–H groups in total. The van der Waals surface area contributed by atoms with E-state index in [1.54, 1.807) is 17.0 Å². The molecule has 0 aliphatic carbocycles. The van der Waals surface area contributed by atoms with Gasteiger partial charge in [0.1, 0.15) is 0 Å². The standard InChI is InChI=1S/C18H26N4O3/c1-15-4-2-3-7-22(15)17(23)14-19-10-12-20(13-11-19)18(24)16-5-8-21(25)9-6-16/h5-6,8-9,15H,2-4,7,10-14H2,1H3. The predicted octanol–water partition coefficient (Wildman–Crippen LogP) is 0.479. The monoisotopic (exact) mass is 346 g/mol. The highest BCUT2D eigenvalue weighted by molar-refractivity contribution is 5.94. The Morgan fingerprint density at radius 1 is 1.12 bits per heavy atom. The molecular weight excluding hydrogens is 320 g/mol. The third kappa shape index (κ3) is 4.28. The number of rotatable bonds is 3. The van der Waals surface area contributed by atoms with E-state index in [-0.39, 0.29) is 11.8 Å². The fourth-order valence-corrected chi connectivity index (χ4v) is 3.60. The van der Waals surface area contributed by atoms with Crippen LogP contribution in [-0.4, -0.2) is 71.8 Å². The second kappa shape index (κ2) is 7.82. The van der Waals surface area contributed by atoms with Gasteiger partial charge in [0.25, 0.3) is 5.91 Å². The summed E-state index contributed by atoms with van der Waals surface area (Å²) in [5.41, 5.74) is 0.527. The Balaban J connectivity index is 1.49. The Kier molecular flexibility index (Phi) is 5.53. The van der Waals surface area contributed by atoms with Crippen LogP contribution in [0.3, 0.4) is 0 Å². The summed E-state index contributed by atoms with van der Waals surface area (Å²) in [7, 11) is 0. The van der Waals surface area contributed by atoms with Crippen molar-refractivity contribution in [3.05, 3.63) is 35.3 Å². The number of nitrogens with zero attached hydrogens (tertiary/aromatic N) is 4. The first-order valence-electron chi connectivity index (χ1n) is 9.04. The number of likely N-dealkylation sites (tertiary alicyclic amines) is 1. The number of aromatic nitrogens is 1. The van der Waals surface area contributed by atoms with Crippen LogP contribution in [0.5, 0.6) is 0 Å². The van der Waals surface area contributed by atoms with Crippen LogP contribution in [0.25, 0.3) is 0 Å². The summed E-state index contributed by atoms with van der Waals surface area (Å²) < 4.78 is 0.669. The Bertz CT molecular complexity index is 611. The molecule has 1 aromatic heterocycles. The predicted molar refractivity (Wildman–Crippen MR) is 92.8 cm³/mol. The molecule has 0 radical (unpaired) electrons. The average molecular weight is 346 g/mol. The third-order valence-corrected chi connectivity index (χ3v) is 5.19. The van der Waals surface area contributed by atoms with E-state index in [0.717, 1.165) is 19.4 Å². The van der Waals surface area contributed by atoms with Crippen LogP contribution < -0.4 is 4.73 Å². The smallest absolute Gasteiger partial charge is 0.254 e. The van der Waals surface area contributed by atoms with Gasteiger partial charge in [-0.2, -0.15) is 4.73 Å². The maximum Gasteiger partial charge on any atom is 0.254 e. The molecule has 0 saturated carbocycles. The van der Waals surface area contributed by atoms with Gasteiger partial charge in [0.15, 0.2) is 12.4 Å². The quantitative estimate of drug-likeness (QED) is 0.590. The van der Waals surface area contributed by atoms with Gasteiger partial charge in [0, 0.05) is 50.9 Å². The molecule has 2 aliphatic heterocycles. The summed E-state index contributed by atoms with van der Waals surface area (Å²) >= 11 is 0. The zero-order valence-electron chi connectivity index (χ0n) is 14.8. The molecule has 0 aromatic carbocycles. The Hall–Kier alpha value is -2.15. The van der Waals surface area contributed by atoms with E-state index >= 15 is 0 Å². The van der Waals surface area contributed by atoms with Crippen molar-refractivity contribution in [2.75, 3.05) is 39.3 Å². The summed E-state index contributed by atoms with van der Waals surface area (Å²) in [5, 5.41) is 11.1. The number of piperidine rings is 1. The van der Waals surface area contributed by atoms with E-state index in [0.29, 0.717) is 49.1 Å². The number of carbonyl (C=O) groups is 2. The van der Waals surface area contributed by atoms with Crippen LogP contribution in [0, 0.1) is 5.21 Å². The first kappa shape index (κ1) is 17.7. The maximum atomic E-state index is 12.5.